The van der Waals surface area contributed by atoms with E-state index in [0.717, 1.165) is 33.8 Å². The van der Waals surface area contributed by atoms with Gasteiger partial charge < -0.3 is 28.4 Å². The van der Waals surface area contributed by atoms with Crippen LogP contribution in [0.5, 0.6) is 11.5 Å². The summed E-state index contributed by atoms with van der Waals surface area (Å²) < 4.78 is 32.8. The minimum atomic E-state index is -0.615. The molecule has 2 atom stereocenters. The molecule has 0 heterocycles. The topological polar surface area (TPSA) is 89.5 Å². The van der Waals surface area contributed by atoms with Gasteiger partial charge in [0.2, 0.25) is 0 Å². The lowest BCUT2D eigenvalue weighted by Crippen LogP contribution is -2.28. The van der Waals surface area contributed by atoms with Crippen LogP contribution in [0.1, 0.15) is 49.9 Å². The van der Waals surface area contributed by atoms with Crippen molar-refractivity contribution in [3.63, 3.8) is 0 Å². The third kappa shape index (κ3) is 14.9. The first kappa shape index (κ1) is 39.2. The first-order chi connectivity index (χ1) is 24.4. The zero-order valence-electron chi connectivity index (χ0n) is 29.3. The molecule has 8 heteroatoms. The second-order valence-corrected chi connectivity index (χ2v) is 10.6. The molecular formula is C42H46O8. The molecule has 0 spiro atoms. The fraction of sp³-hybridized carbons (Fsp3) is 0.333. The standard InChI is InChI=1S/C42H46O8/c1-5-45-39(41(43)47-7-3)31-35-21-25-37(26-22-35)49-29-13-9-11-15-33-17-19-34(20-18-33)16-12-10-14-30-50-38-27-23-36(24-28-38)32-40(46-6-2)42(44)48-8-4/h9-10,13-14,17-28,39-40H,5-8,29-32H2,1-4H3/b13-9+,14-10+. The second kappa shape index (κ2) is 23.1. The van der Waals surface area contributed by atoms with Crippen molar-refractivity contribution in [3.05, 3.63) is 119 Å². The van der Waals surface area contributed by atoms with Gasteiger partial charge in [-0.1, -0.05) is 47.9 Å². The summed E-state index contributed by atoms with van der Waals surface area (Å²) in [6.07, 6.45) is 6.89. The van der Waals surface area contributed by atoms with Crippen LogP contribution in [0.4, 0.5) is 0 Å². The van der Waals surface area contributed by atoms with Crippen LogP contribution in [-0.2, 0) is 41.4 Å². The van der Waals surface area contributed by atoms with E-state index >= 15 is 0 Å². The average Bonchev–Trinajstić information content (AvgIpc) is 3.13. The van der Waals surface area contributed by atoms with Gasteiger partial charge in [-0.2, -0.15) is 0 Å². The minimum absolute atomic E-state index is 0.324. The number of carbonyl (C=O) groups excluding carboxylic acids is 2. The molecule has 0 amide bonds. The number of benzene rings is 3. The summed E-state index contributed by atoms with van der Waals surface area (Å²) in [4.78, 5) is 24.2. The molecule has 0 saturated heterocycles. The number of ether oxygens (including phenoxy) is 6. The van der Waals surface area contributed by atoms with Gasteiger partial charge in [0.15, 0.2) is 12.2 Å². The molecule has 8 nitrogen and oxygen atoms in total. The summed E-state index contributed by atoms with van der Waals surface area (Å²) in [6, 6.07) is 22.9. The van der Waals surface area contributed by atoms with Gasteiger partial charge in [-0.15, -0.1) is 0 Å². The predicted octanol–water partition coefficient (Wildman–Crippen LogP) is 6.68. The van der Waals surface area contributed by atoms with E-state index in [2.05, 4.69) is 23.7 Å². The first-order valence-corrected chi connectivity index (χ1v) is 16.9. The molecule has 0 radical (unpaired) electrons. The van der Waals surface area contributed by atoms with Gasteiger partial charge in [0, 0.05) is 37.2 Å². The van der Waals surface area contributed by atoms with Gasteiger partial charge >= 0.3 is 11.9 Å². The molecule has 0 aromatic heterocycles. The van der Waals surface area contributed by atoms with Gasteiger partial charge in [-0.05, 0) is 112 Å². The number of esters is 2. The number of carbonyl (C=O) groups is 2. The summed E-state index contributed by atoms with van der Waals surface area (Å²) in [5.74, 6) is 13.0. The Morgan fingerprint density at radius 1 is 0.560 bits per heavy atom. The number of hydrogen-bond acceptors (Lipinski definition) is 8. The minimum Gasteiger partial charge on any atom is -0.490 e. The largest absolute Gasteiger partial charge is 0.490 e. The fourth-order valence-electron chi connectivity index (χ4n) is 4.55. The van der Waals surface area contributed by atoms with E-state index in [-0.39, 0.29) is 11.9 Å². The zero-order valence-corrected chi connectivity index (χ0v) is 29.3. The van der Waals surface area contributed by atoms with E-state index in [9.17, 15) is 9.59 Å². The zero-order chi connectivity index (χ0) is 35.8. The van der Waals surface area contributed by atoms with Crippen molar-refractivity contribution in [1.82, 2.24) is 0 Å². The van der Waals surface area contributed by atoms with Gasteiger partial charge in [-0.25, -0.2) is 9.59 Å². The number of hydrogen-bond donors (Lipinski definition) is 0. The van der Waals surface area contributed by atoms with Crippen LogP contribution in [0.2, 0.25) is 0 Å². The van der Waals surface area contributed by atoms with Crippen molar-refractivity contribution >= 4 is 11.9 Å². The van der Waals surface area contributed by atoms with Crippen LogP contribution in [0.15, 0.2) is 97.1 Å². The molecule has 50 heavy (non-hydrogen) atoms. The summed E-state index contributed by atoms with van der Waals surface area (Å²) in [7, 11) is 0. The number of rotatable bonds is 18. The van der Waals surface area contributed by atoms with Gasteiger partial charge in [0.1, 0.15) is 24.7 Å². The van der Waals surface area contributed by atoms with Gasteiger partial charge in [0.25, 0.3) is 0 Å². The highest BCUT2D eigenvalue weighted by atomic mass is 16.6. The molecular weight excluding hydrogens is 632 g/mol. The second-order valence-electron chi connectivity index (χ2n) is 10.6. The molecule has 0 aliphatic rings. The Labute approximate surface area is 296 Å². The van der Waals surface area contributed by atoms with Crippen molar-refractivity contribution in [2.45, 2.75) is 52.7 Å². The van der Waals surface area contributed by atoms with Crippen LogP contribution >= 0.6 is 0 Å². The van der Waals surface area contributed by atoms with Crippen molar-refractivity contribution in [2.24, 2.45) is 0 Å². The lowest BCUT2D eigenvalue weighted by Gasteiger charge is -2.15. The van der Waals surface area contributed by atoms with E-state index < -0.39 is 12.2 Å². The molecule has 0 aliphatic heterocycles. The fourth-order valence-corrected chi connectivity index (χ4v) is 4.55. The monoisotopic (exact) mass is 678 g/mol. The van der Waals surface area contributed by atoms with E-state index in [4.69, 9.17) is 28.4 Å². The van der Waals surface area contributed by atoms with Crippen molar-refractivity contribution in [2.75, 3.05) is 39.6 Å². The van der Waals surface area contributed by atoms with E-state index in [1.165, 1.54) is 0 Å². The Kier molecular flexibility index (Phi) is 18.1. The molecule has 0 fully saturated rings. The van der Waals surface area contributed by atoms with Crippen molar-refractivity contribution < 1.29 is 38.0 Å². The maximum Gasteiger partial charge on any atom is 0.335 e. The molecule has 3 aromatic carbocycles. The molecule has 0 bridgehead atoms. The van der Waals surface area contributed by atoms with Gasteiger partial charge in [-0.3, -0.25) is 0 Å². The predicted molar refractivity (Wildman–Crippen MR) is 194 cm³/mol. The molecule has 2 unspecified atom stereocenters. The Morgan fingerprint density at radius 2 is 0.940 bits per heavy atom. The lowest BCUT2D eigenvalue weighted by atomic mass is 10.1. The Morgan fingerprint density at radius 3 is 1.28 bits per heavy atom. The van der Waals surface area contributed by atoms with Crippen molar-refractivity contribution in [3.8, 4) is 35.2 Å². The van der Waals surface area contributed by atoms with E-state index in [1.807, 2.05) is 98.8 Å². The lowest BCUT2D eigenvalue weighted by molar-refractivity contribution is -0.157. The smallest absolute Gasteiger partial charge is 0.335 e. The molecule has 3 rings (SSSR count). The highest BCUT2D eigenvalue weighted by Gasteiger charge is 2.21. The van der Waals surface area contributed by atoms with Crippen LogP contribution in [0, 0.1) is 23.7 Å². The van der Waals surface area contributed by atoms with Crippen LogP contribution in [0.3, 0.4) is 0 Å². The Bertz CT molecular complexity index is 1510. The van der Waals surface area contributed by atoms with Crippen LogP contribution < -0.4 is 9.47 Å². The van der Waals surface area contributed by atoms with Gasteiger partial charge in [0.05, 0.1) is 13.2 Å². The van der Waals surface area contributed by atoms with Crippen LogP contribution in [-0.4, -0.2) is 63.8 Å². The summed E-state index contributed by atoms with van der Waals surface area (Å²) >= 11 is 0. The molecule has 0 aliphatic carbocycles. The average molecular weight is 679 g/mol. The highest BCUT2D eigenvalue weighted by Crippen LogP contribution is 2.16. The third-order valence-corrected chi connectivity index (χ3v) is 6.94. The maximum atomic E-state index is 12.1. The first-order valence-electron chi connectivity index (χ1n) is 16.9. The molecule has 0 N–H and O–H groups in total. The highest BCUT2D eigenvalue weighted by molar-refractivity contribution is 5.75. The van der Waals surface area contributed by atoms with E-state index in [0.29, 0.717) is 52.5 Å². The van der Waals surface area contributed by atoms with E-state index in [1.54, 1.807) is 26.0 Å². The maximum absolute atomic E-state index is 12.1. The van der Waals surface area contributed by atoms with Crippen LogP contribution in [0.25, 0.3) is 0 Å². The number of allylic oxidation sites excluding steroid dienone is 2. The SMILES string of the molecule is CCOC(=O)C(Cc1ccc(OC/C=C/C#Cc2ccc(C#C/C=C/COc3ccc(CC(OCC)C(=O)OCC)cc3)cc2)cc1)OCC. The Balaban J connectivity index is 1.37. The normalized spacial score (nSPS) is 11.9. The summed E-state index contributed by atoms with van der Waals surface area (Å²) in [6.45, 7) is 9.56. The third-order valence-electron chi connectivity index (χ3n) is 6.94. The van der Waals surface area contributed by atoms with Crippen molar-refractivity contribution in [1.29, 1.82) is 0 Å². The Hall–Kier alpha value is -5.28. The summed E-state index contributed by atoms with van der Waals surface area (Å²) in [5, 5.41) is 0. The molecule has 3 aromatic rings. The quantitative estimate of drug-likeness (QED) is 0.109. The summed E-state index contributed by atoms with van der Waals surface area (Å²) in [5.41, 5.74) is 3.69. The molecule has 0 saturated carbocycles. The molecule has 262 valence electrons.